The second-order valence-corrected chi connectivity index (χ2v) is 4.43. The fraction of sp³-hybridized carbons (Fsp3) is 0.364. The molecule has 2 nitrogen and oxygen atoms in total. The van der Waals surface area contributed by atoms with E-state index >= 15 is 0 Å². The Morgan fingerprint density at radius 2 is 2.20 bits per heavy atom. The Morgan fingerprint density at radius 3 is 2.67 bits per heavy atom. The quantitative estimate of drug-likeness (QED) is 0.827. The Bertz CT molecular complexity index is 449. The van der Waals surface area contributed by atoms with Crippen molar-refractivity contribution in [1.82, 2.24) is 0 Å². The van der Waals surface area contributed by atoms with Crippen molar-refractivity contribution in [1.29, 1.82) is 5.26 Å². The number of hydrogen-bond donors (Lipinski definition) is 0. The predicted octanol–water partition coefficient (Wildman–Crippen LogP) is 3.15. The van der Waals surface area contributed by atoms with Crippen molar-refractivity contribution in [3.8, 4) is 11.8 Å². The lowest BCUT2D eigenvalue weighted by molar-refractivity contribution is 0.409. The molecule has 0 heterocycles. The van der Waals surface area contributed by atoms with Gasteiger partial charge in [-0.25, -0.2) is 4.39 Å². The van der Waals surface area contributed by atoms with E-state index < -0.39 is 5.41 Å². The van der Waals surface area contributed by atoms with Gasteiger partial charge in [0.15, 0.2) is 0 Å². The lowest BCUT2D eigenvalue weighted by Gasteiger charge is -2.13. The number of halogens is 2. The van der Waals surface area contributed by atoms with Crippen LogP contribution in [0.3, 0.4) is 0 Å². The largest absolute Gasteiger partial charge is 0.496 e. The highest BCUT2D eigenvalue weighted by molar-refractivity contribution is 9.10. The lowest BCUT2D eigenvalue weighted by atomic mass is 9.97. The summed E-state index contributed by atoms with van der Waals surface area (Å²) in [6, 6.07) is 5.07. The molecule has 0 radical (unpaired) electrons. The molecule has 0 unspecified atom stereocenters. The van der Waals surface area contributed by atoms with Gasteiger partial charge in [0, 0.05) is 5.56 Å². The summed E-state index contributed by atoms with van der Waals surface area (Å²) in [6.45, 7) is 0. The number of methoxy groups -OCH3 is 1. The number of rotatable bonds is 2. The van der Waals surface area contributed by atoms with Gasteiger partial charge in [0.2, 0.25) is 0 Å². The number of benzene rings is 1. The van der Waals surface area contributed by atoms with Gasteiger partial charge in [-0.05, 0) is 40.9 Å². The van der Waals surface area contributed by atoms with Crippen LogP contribution in [0.15, 0.2) is 16.6 Å². The highest BCUT2D eigenvalue weighted by atomic mass is 79.9. The first-order valence-electron chi connectivity index (χ1n) is 4.58. The minimum Gasteiger partial charge on any atom is -0.496 e. The zero-order valence-corrected chi connectivity index (χ0v) is 9.77. The Kier molecular flexibility index (Phi) is 2.43. The molecule has 15 heavy (non-hydrogen) atoms. The SMILES string of the molecule is COc1ccc(F)c(C2(C#N)CC2)c1Br. The monoisotopic (exact) mass is 269 g/mol. The van der Waals surface area contributed by atoms with Gasteiger partial charge in [0.05, 0.1) is 23.1 Å². The third kappa shape index (κ3) is 1.51. The molecule has 0 aromatic heterocycles. The molecule has 0 spiro atoms. The summed E-state index contributed by atoms with van der Waals surface area (Å²) in [5.41, 5.74) is -0.207. The van der Waals surface area contributed by atoms with Gasteiger partial charge in [0.25, 0.3) is 0 Å². The fourth-order valence-electron chi connectivity index (χ4n) is 1.67. The van der Waals surface area contributed by atoms with Gasteiger partial charge in [-0.15, -0.1) is 0 Å². The van der Waals surface area contributed by atoms with Crippen molar-refractivity contribution in [2.24, 2.45) is 0 Å². The van der Waals surface area contributed by atoms with E-state index in [-0.39, 0.29) is 5.82 Å². The van der Waals surface area contributed by atoms with Crippen LogP contribution >= 0.6 is 15.9 Å². The van der Waals surface area contributed by atoms with Crippen LogP contribution in [0.4, 0.5) is 4.39 Å². The molecular formula is C11H9BrFNO. The zero-order valence-electron chi connectivity index (χ0n) is 8.18. The number of ether oxygens (including phenoxy) is 1. The molecule has 0 saturated heterocycles. The van der Waals surface area contributed by atoms with Crippen LogP contribution in [-0.4, -0.2) is 7.11 Å². The smallest absolute Gasteiger partial charge is 0.133 e. The summed E-state index contributed by atoms with van der Waals surface area (Å²) >= 11 is 3.29. The van der Waals surface area contributed by atoms with Gasteiger partial charge in [-0.1, -0.05) is 0 Å². The third-order valence-corrected chi connectivity index (χ3v) is 3.51. The minimum absolute atomic E-state index is 0.346. The topological polar surface area (TPSA) is 33.0 Å². The Balaban J connectivity index is 2.61. The van der Waals surface area contributed by atoms with Gasteiger partial charge in [-0.2, -0.15) is 5.26 Å². The number of nitrogens with zero attached hydrogens (tertiary/aromatic N) is 1. The molecule has 1 aliphatic rings. The average Bonchev–Trinajstić information content (AvgIpc) is 2.99. The molecule has 4 heteroatoms. The van der Waals surface area contributed by atoms with Crippen molar-refractivity contribution < 1.29 is 9.13 Å². The average molecular weight is 270 g/mol. The van der Waals surface area contributed by atoms with Gasteiger partial charge < -0.3 is 4.74 Å². The van der Waals surface area contributed by atoms with Crippen LogP contribution in [0, 0.1) is 17.1 Å². The van der Waals surface area contributed by atoms with Crippen LogP contribution in [0.2, 0.25) is 0 Å². The van der Waals surface area contributed by atoms with Gasteiger partial charge in [0.1, 0.15) is 11.6 Å². The molecule has 1 aromatic carbocycles. The third-order valence-electron chi connectivity index (χ3n) is 2.72. The van der Waals surface area contributed by atoms with E-state index in [1.165, 1.54) is 13.2 Å². The van der Waals surface area contributed by atoms with Gasteiger partial charge in [-0.3, -0.25) is 0 Å². The van der Waals surface area contributed by atoms with Crippen LogP contribution < -0.4 is 4.74 Å². The Morgan fingerprint density at radius 1 is 1.53 bits per heavy atom. The molecule has 0 atom stereocenters. The molecular weight excluding hydrogens is 261 g/mol. The van der Waals surface area contributed by atoms with E-state index in [0.717, 1.165) is 0 Å². The second-order valence-electron chi connectivity index (χ2n) is 3.63. The summed E-state index contributed by atoms with van der Waals surface area (Å²) in [5.74, 6) is 0.217. The van der Waals surface area contributed by atoms with E-state index in [1.54, 1.807) is 6.07 Å². The second kappa shape index (κ2) is 3.49. The summed E-state index contributed by atoms with van der Waals surface area (Å²) < 4.78 is 19.3. The Labute approximate surface area is 95.8 Å². The molecule has 0 amide bonds. The highest BCUT2D eigenvalue weighted by Gasteiger charge is 2.48. The van der Waals surface area contributed by atoms with Gasteiger partial charge >= 0.3 is 0 Å². The zero-order chi connectivity index (χ0) is 11.1. The molecule has 1 aromatic rings. The van der Waals surface area contributed by atoms with E-state index in [1.807, 2.05) is 0 Å². The van der Waals surface area contributed by atoms with Crippen molar-refractivity contribution >= 4 is 15.9 Å². The Hall–Kier alpha value is -1.08. The molecule has 0 bridgehead atoms. The van der Waals surface area contributed by atoms with Crippen LogP contribution in [0.25, 0.3) is 0 Å². The molecule has 0 N–H and O–H groups in total. The van der Waals surface area contributed by atoms with Crippen molar-refractivity contribution in [3.05, 3.63) is 28.0 Å². The van der Waals surface area contributed by atoms with E-state index in [2.05, 4.69) is 22.0 Å². The van der Waals surface area contributed by atoms with E-state index in [9.17, 15) is 4.39 Å². The number of hydrogen-bond acceptors (Lipinski definition) is 2. The minimum atomic E-state index is -0.641. The van der Waals surface area contributed by atoms with Crippen LogP contribution in [0.1, 0.15) is 18.4 Å². The van der Waals surface area contributed by atoms with Crippen molar-refractivity contribution in [2.75, 3.05) is 7.11 Å². The molecule has 0 aliphatic heterocycles. The first-order chi connectivity index (χ1) is 7.14. The normalized spacial score (nSPS) is 16.9. The maximum Gasteiger partial charge on any atom is 0.133 e. The first-order valence-corrected chi connectivity index (χ1v) is 5.37. The maximum absolute atomic E-state index is 13.7. The predicted molar refractivity (Wildman–Crippen MR) is 57.2 cm³/mol. The van der Waals surface area contributed by atoms with Crippen LogP contribution in [0.5, 0.6) is 5.75 Å². The first kappa shape index (κ1) is 10.4. The molecule has 1 fully saturated rings. The molecule has 78 valence electrons. The van der Waals surface area contributed by atoms with E-state index in [0.29, 0.717) is 28.6 Å². The summed E-state index contributed by atoms with van der Waals surface area (Å²) in [6.07, 6.45) is 1.43. The molecule has 2 rings (SSSR count). The van der Waals surface area contributed by atoms with Crippen LogP contribution in [-0.2, 0) is 5.41 Å². The lowest BCUT2D eigenvalue weighted by Crippen LogP contribution is -2.08. The summed E-state index contributed by atoms with van der Waals surface area (Å²) in [4.78, 5) is 0. The van der Waals surface area contributed by atoms with Crippen molar-refractivity contribution in [3.63, 3.8) is 0 Å². The van der Waals surface area contributed by atoms with E-state index in [4.69, 9.17) is 10.00 Å². The fourth-order valence-corrected chi connectivity index (χ4v) is 2.54. The highest BCUT2D eigenvalue weighted by Crippen LogP contribution is 2.52. The summed E-state index contributed by atoms with van der Waals surface area (Å²) in [7, 11) is 1.52. The standard InChI is InChI=1S/C11H9BrFNO/c1-15-8-3-2-7(13)9(10(8)12)11(6-14)4-5-11/h2-3H,4-5H2,1H3. The number of nitriles is 1. The molecule has 1 saturated carbocycles. The molecule has 1 aliphatic carbocycles. The summed E-state index contributed by atoms with van der Waals surface area (Å²) in [5, 5.41) is 9.04. The maximum atomic E-state index is 13.7. The van der Waals surface area contributed by atoms with Crippen molar-refractivity contribution in [2.45, 2.75) is 18.3 Å².